The Labute approximate surface area is 99.8 Å². The molecule has 0 saturated heterocycles. The van der Waals surface area contributed by atoms with Gasteiger partial charge >= 0.3 is 6.61 Å². The van der Waals surface area contributed by atoms with Gasteiger partial charge in [-0.1, -0.05) is 26.0 Å². The van der Waals surface area contributed by atoms with E-state index in [1.807, 2.05) is 12.1 Å². The molecule has 1 saturated carbocycles. The van der Waals surface area contributed by atoms with Gasteiger partial charge < -0.3 is 10.5 Å². The van der Waals surface area contributed by atoms with Gasteiger partial charge in [-0.25, -0.2) is 0 Å². The van der Waals surface area contributed by atoms with Gasteiger partial charge in [0, 0.05) is 0 Å². The second-order valence-electron chi connectivity index (χ2n) is 5.09. The van der Waals surface area contributed by atoms with Crippen molar-refractivity contribution in [2.75, 3.05) is 6.54 Å². The molecule has 2 atom stereocenters. The first-order chi connectivity index (χ1) is 7.96. The topological polar surface area (TPSA) is 35.2 Å². The predicted octanol–water partition coefficient (Wildman–Crippen LogP) is 2.99. The SMILES string of the molecule is CC1(C)[C@@H](CN)[C@@H]1c1ccc(OC(F)F)cc1. The van der Waals surface area contributed by atoms with Gasteiger partial charge in [0.1, 0.15) is 5.75 Å². The maximum atomic E-state index is 12.0. The average Bonchev–Trinajstić information content (AvgIpc) is 2.81. The molecule has 0 amide bonds. The summed E-state index contributed by atoms with van der Waals surface area (Å²) in [6.07, 6.45) is 0. The molecule has 0 spiro atoms. The lowest BCUT2D eigenvalue weighted by molar-refractivity contribution is -0.0498. The molecule has 4 heteroatoms. The number of nitrogens with two attached hydrogens (primary N) is 1. The van der Waals surface area contributed by atoms with Gasteiger partial charge in [-0.3, -0.25) is 0 Å². The second kappa shape index (κ2) is 4.26. The van der Waals surface area contributed by atoms with Crippen LogP contribution in [0, 0.1) is 11.3 Å². The van der Waals surface area contributed by atoms with Crippen molar-refractivity contribution < 1.29 is 13.5 Å². The van der Waals surface area contributed by atoms with Crippen LogP contribution in [0.4, 0.5) is 8.78 Å². The number of ether oxygens (including phenoxy) is 1. The smallest absolute Gasteiger partial charge is 0.387 e. The van der Waals surface area contributed by atoms with Gasteiger partial charge in [0.05, 0.1) is 0 Å². The minimum absolute atomic E-state index is 0.200. The number of benzene rings is 1. The van der Waals surface area contributed by atoms with Crippen LogP contribution in [0.1, 0.15) is 25.3 Å². The molecule has 2 N–H and O–H groups in total. The van der Waals surface area contributed by atoms with E-state index in [4.69, 9.17) is 5.73 Å². The number of rotatable bonds is 4. The molecule has 2 nitrogen and oxygen atoms in total. The Kier molecular flexibility index (Phi) is 3.08. The van der Waals surface area contributed by atoms with E-state index in [1.54, 1.807) is 12.1 Å². The fourth-order valence-electron chi connectivity index (χ4n) is 2.70. The number of halogens is 2. The van der Waals surface area contributed by atoms with E-state index in [1.165, 1.54) is 0 Å². The van der Waals surface area contributed by atoms with E-state index in [2.05, 4.69) is 18.6 Å². The Morgan fingerprint density at radius 1 is 1.29 bits per heavy atom. The molecule has 1 aromatic rings. The van der Waals surface area contributed by atoms with E-state index in [9.17, 15) is 8.78 Å². The minimum Gasteiger partial charge on any atom is -0.435 e. The van der Waals surface area contributed by atoms with Gasteiger partial charge in [0.25, 0.3) is 0 Å². The highest BCUT2D eigenvalue weighted by atomic mass is 19.3. The van der Waals surface area contributed by atoms with E-state index in [0.717, 1.165) is 5.56 Å². The predicted molar refractivity (Wildman–Crippen MR) is 62.1 cm³/mol. The summed E-state index contributed by atoms with van der Waals surface area (Å²) in [6, 6.07) is 6.87. The second-order valence-corrected chi connectivity index (χ2v) is 5.09. The summed E-state index contributed by atoms with van der Waals surface area (Å²) in [5.74, 6) is 1.10. The van der Waals surface area contributed by atoms with Crippen molar-refractivity contribution in [1.29, 1.82) is 0 Å². The lowest BCUT2D eigenvalue weighted by Crippen LogP contribution is -2.05. The van der Waals surface area contributed by atoms with Crippen LogP contribution in [0.15, 0.2) is 24.3 Å². The molecule has 1 aliphatic carbocycles. The van der Waals surface area contributed by atoms with Crippen molar-refractivity contribution in [1.82, 2.24) is 0 Å². The van der Waals surface area contributed by atoms with Crippen molar-refractivity contribution in [2.45, 2.75) is 26.4 Å². The molecule has 0 radical (unpaired) electrons. The molecule has 0 unspecified atom stereocenters. The Hall–Kier alpha value is -1.16. The molecule has 0 bridgehead atoms. The van der Waals surface area contributed by atoms with Gasteiger partial charge in [-0.05, 0) is 41.5 Å². The van der Waals surface area contributed by atoms with E-state index in [-0.39, 0.29) is 11.2 Å². The summed E-state index contributed by atoms with van der Waals surface area (Å²) in [5, 5.41) is 0. The quantitative estimate of drug-likeness (QED) is 0.879. The monoisotopic (exact) mass is 241 g/mol. The summed E-state index contributed by atoms with van der Waals surface area (Å²) >= 11 is 0. The number of alkyl halides is 2. The van der Waals surface area contributed by atoms with Gasteiger partial charge in [0.15, 0.2) is 0 Å². The van der Waals surface area contributed by atoms with E-state index < -0.39 is 6.61 Å². The van der Waals surface area contributed by atoms with Crippen molar-refractivity contribution in [3.63, 3.8) is 0 Å². The van der Waals surface area contributed by atoms with Crippen LogP contribution in [-0.2, 0) is 0 Å². The Balaban J connectivity index is 2.09. The molecular formula is C13H17F2NO. The first-order valence-corrected chi connectivity index (χ1v) is 5.71. The normalized spacial score (nSPS) is 26.0. The van der Waals surface area contributed by atoms with Crippen LogP contribution >= 0.6 is 0 Å². The number of hydrogen-bond donors (Lipinski definition) is 1. The maximum absolute atomic E-state index is 12.0. The molecular weight excluding hydrogens is 224 g/mol. The van der Waals surface area contributed by atoms with Crippen molar-refractivity contribution in [3.05, 3.63) is 29.8 Å². The van der Waals surface area contributed by atoms with E-state index >= 15 is 0 Å². The minimum atomic E-state index is -2.77. The summed E-state index contributed by atoms with van der Waals surface area (Å²) < 4.78 is 28.3. The van der Waals surface area contributed by atoms with Gasteiger partial charge in [-0.15, -0.1) is 0 Å². The van der Waals surface area contributed by atoms with Crippen LogP contribution in [0.5, 0.6) is 5.75 Å². The zero-order valence-electron chi connectivity index (χ0n) is 9.99. The first kappa shape index (κ1) is 12.3. The maximum Gasteiger partial charge on any atom is 0.387 e. The van der Waals surface area contributed by atoms with Crippen LogP contribution in [0.3, 0.4) is 0 Å². The third-order valence-corrected chi connectivity index (χ3v) is 3.77. The molecule has 0 aromatic heterocycles. The summed E-state index contributed by atoms with van der Waals surface area (Å²) in [5.41, 5.74) is 7.06. The Morgan fingerprint density at radius 2 is 1.88 bits per heavy atom. The highest BCUT2D eigenvalue weighted by molar-refractivity contribution is 5.36. The van der Waals surface area contributed by atoms with Gasteiger partial charge in [-0.2, -0.15) is 8.78 Å². The molecule has 17 heavy (non-hydrogen) atoms. The van der Waals surface area contributed by atoms with Crippen molar-refractivity contribution in [3.8, 4) is 5.75 Å². The molecule has 1 aromatic carbocycles. The lowest BCUT2D eigenvalue weighted by atomic mass is 10.0. The zero-order valence-corrected chi connectivity index (χ0v) is 9.99. The third kappa shape index (κ3) is 2.27. The van der Waals surface area contributed by atoms with Crippen LogP contribution in [-0.4, -0.2) is 13.2 Å². The molecule has 94 valence electrons. The summed E-state index contributed by atoms with van der Waals surface area (Å²) in [6.45, 7) is 2.25. The summed E-state index contributed by atoms with van der Waals surface area (Å²) in [4.78, 5) is 0. The molecule has 0 aliphatic heterocycles. The van der Waals surface area contributed by atoms with Crippen molar-refractivity contribution in [2.24, 2.45) is 17.1 Å². The van der Waals surface area contributed by atoms with Crippen LogP contribution in [0.2, 0.25) is 0 Å². The molecule has 1 fully saturated rings. The Bertz CT molecular complexity index is 389. The van der Waals surface area contributed by atoms with E-state index in [0.29, 0.717) is 18.4 Å². The molecule has 1 aliphatic rings. The largest absolute Gasteiger partial charge is 0.435 e. The lowest BCUT2D eigenvalue weighted by Gasteiger charge is -2.06. The molecule has 2 rings (SSSR count). The van der Waals surface area contributed by atoms with Crippen molar-refractivity contribution >= 4 is 0 Å². The third-order valence-electron chi connectivity index (χ3n) is 3.77. The highest BCUT2D eigenvalue weighted by Crippen LogP contribution is 2.63. The zero-order chi connectivity index (χ0) is 12.6. The average molecular weight is 241 g/mol. The number of hydrogen-bond acceptors (Lipinski definition) is 2. The molecule has 0 heterocycles. The standard InChI is InChI=1S/C13H17F2NO/c1-13(2)10(7-16)11(13)8-3-5-9(6-4-8)17-12(14)15/h3-6,10-12H,7,16H2,1-2H3/t10-,11-/m0/s1. The Morgan fingerprint density at radius 3 is 2.29 bits per heavy atom. The van der Waals surface area contributed by atoms with Gasteiger partial charge in [0.2, 0.25) is 0 Å². The van der Waals surface area contributed by atoms with Crippen LogP contribution < -0.4 is 10.5 Å². The highest BCUT2D eigenvalue weighted by Gasteiger charge is 2.57. The fraction of sp³-hybridized carbons (Fsp3) is 0.538. The fourth-order valence-corrected chi connectivity index (χ4v) is 2.70. The summed E-state index contributed by atoms with van der Waals surface area (Å²) in [7, 11) is 0. The first-order valence-electron chi connectivity index (χ1n) is 5.71. The van der Waals surface area contributed by atoms with Crippen LogP contribution in [0.25, 0.3) is 0 Å².